The highest BCUT2D eigenvalue weighted by atomic mass is 19.1. The van der Waals surface area contributed by atoms with Crippen LogP contribution in [0, 0.1) is 5.82 Å². The Morgan fingerprint density at radius 3 is 2.71 bits per heavy atom. The summed E-state index contributed by atoms with van der Waals surface area (Å²) in [5.41, 5.74) is 0.958. The van der Waals surface area contributed by atoms with E-state index in [0.717, 1.165) is 38.0 Å². The highest BCUT2D eigenvalue weighted by Crippen LogP contribution is 2.25. The van der Waals surface area contributed by atoms with Gasteiger partial charge in [-0.05, 0) is 45.2 Å². The third kappa shape index (κ3) is 4.34. The van der Waals surface area contributed by atoms with Gasteiger partial charge in [0, 0.05) is 36.9 Å². The lowest BCUT2D eigenvalue weighted by Crippen LogP contribution is -2.44. The Balaban J connectivity index is 2.10. The molecule has 118 valence electrons. The van der Waals surface area contributed by atoms with Crippen LogP contribution in [0.5, 0.6) is 5.75 Å². The van der Waals surface area contributed by atoms with Crippen LogP contribution in [-0.4, -0.2) is 31.8 Å². The SMILES string of the molecule is CCOc1ccc(N2CCC(C)NC(CC)CC2)cc1F. The molecule has 3 nitrogen and oxygen atoms in total. The minimum absolute atomic E-state index is 0.269. The first-order chi connectivity index (χ1) is 10.1. The Hall–Kier alpha value is -1.29. The summed E-state index contributed by atoms with van der Waals surface area (Å²) in [5, 5.41) is 3.66. The van der Waals surface area contributed by atoms with E-state index >= 15 is 0 Å². The van der Waals surface area contributed by atoms with Gasteiger partial charge < -0.3 is 15.0 Å². The molecule has 0 amide bonds. The fraction of sp³-hybridized carbons (Fsp3) is 0.647. The molecule has 0 aromatic heterocycles. The molecule has 2 atom stereocenters. The van der Waals surface area contributed by atoms with Crippen molar-refractivity contribution in [2.24, 2.45) is 0 Å². The molecule has 2 rings (SSSR count). The summed E-state index contributed by atoms with van der Waals surface area (Å²) in [7, 11) is 0. The van der Waals surface area contributed by atoms with Crippen molar-refractivity contribution >= 4 is 5.69 Å². The van der Waals surface area contributed by atoms with Gasteiger partial charge in [0.25, 0.3) is 0 Å². The Morgan fingerprint density at radius 1 is 1.29 bits per heavy atom. The molecule has 0 spiro atoms. The molecule has 4 heteroatoms. The molecular formula is C17H27FN2O. The van der Waals surface area contributed by atoms with Crippen LogP contribution in [0.3, 0.4) is 0 Å². The highest BCUT2D eigenvalue weighted by molar-refractivity contribution is 5.50. The molecule has 1 saturated heterocycles. The molecule has 21 heavy (non-hydrogen) atoms. The Labute approximate surface area is 127 Å². The van der Waals surface area contributed by atoms with Gasteiger partial charge in [-0.1, -0.05) is 6.92 Å². The van der Waals surface area contributed by atoms with E-state index in [4.69, 9.17) is 4.74 Å². The average molecular weight is 294 g/mol. The quantitative estimate of drug-likeness (QED) is 0.918. The van der Waals surface area contributed by atoms with Crippen molar-refractivity contribution in [3.63, 3.8) is 0 Å². The third-order valence-corrected chi connectivity index (χ3v) is 4.17. The lowest BCUT2D eigenvalue weighted by Gasteiger charge is -2.33. The van der Waals surface area contributed by atoms with Crippen LogP contribution >= 0.6 is 0 Å². The van der Waals surface area contributed by atoms with Gasteiger partial charge in [-0.25, -0.2) is 4.39 Å². The van der Waals surface area contributed by atoms with Gasteiger partial charge in [0.05, 0.1) is 6.61 Å². The zero-order chi connectivity index (χ0) is 15.2. The maximum atomic E-state index is 14.0. The van der Waals surface area contributed by atoms with Crippen LogP contribution < -0.4 is 15.0 Å². The maximum Gasteiger partial charge on any atom is 0.167 e. The molecule has 1 heterocycles. The topological polar surface area (TPSA) is 24.5 Å². The lowest BCUT2D eigenvalue weighted by molar-refractivity contribution is 0.321. The van der Waals surface area contributed by atoms with Crippen LogP contribution in [0.4, 0.5) is 10.1 Å². The number of rotatable bonds is 4. The summed E-state index contributed by atoms with van der Waals surface area (Å²) in [5.74, 6) is 0.0735. The molecule has 1 fully saturated rings. The van der Waals surface area contributed by atoms with Gasteiger partial charge in [-0.15, -0.1) is 0 Å². The van der Waals surface area contributed by atoms with E-state index in [-0.39, 0.29) is 5.82 Å². The van der Waals surface area contributed by atoms with Crippen LogP contribution in [0.15, 0.2) is 18.2 Å². The molecule has 0 saturated carbocycles. The number of benzene rings is 1. The smallest absolute Gasteiger partial charge is 0.167 e. The molecule has 1 aromatic carbocycles. The molecule has 0 bridgehead atoms. The second-order valence-corrected chi connectivity index (χ2v) is 5.79. The van der Waals surface area contributed by atoms with Crippen molar-refractivity contribution in [1.82, 2.24) is 5.32 Å². The van der Waals surface area contributed by atoms with E-state index in [1.165, 1.54) is 0 Å². The Kier molecular flexibility index (Phi) is 5.85. The van der Waals surface area contributed by atoms with Gasteiger partial charge >= 0.3 is 0 Å². The van der Waals surface area contributed by atoms with Crippen molar-refractivity contribution in [3.05, 3.63) is 24.0 Å². The molecule has 2 unspecified atom stereocenters. The summed E-state index contributed by atoms with van der Waals surface area (Å²) in [6.07, 6.45) is 3.30. The first kappa shape index (κ1) is 16.1. The normalized spacial score (nSPS) is 23.5. The van der Waals surface area contributed by atoms with Crippen LogP contribution in [0.25, 0.3) is 0 Å². The fourth-order valence-corrected chi connectivity index (χ4v) is 2.88. The first-order valence-electron chi connectivity index (χ1n) is 8.07. The first-order valence-corrected chi connectivity index (χ1v) is 8.07. The van der Waals surface area contributed by atoms with E-state index in [1.807, 2.05) is 13.0 Å². The van der Waals surface area contributed by atoms with Crippen LogP contribution in [0.1, 0.15) is 40.0 Å². The second-order valence-electron chi connectivity index (χ2n) is 5.79. The van der Waals surface area contributed by atoms with Gasteiger partial charge in [-0.3, -0.25) is 0 Å². The van der Waals surface area contributed by atoms with Crippen molar-refractivity contribution in [1.29, 1.82) is 0 Å². The number of hydrogen-bond acceptors (Lipinski definition) is 3. The van der Waals surface area contributed by atoms with Gasteiger partial charge in [0.2, 0.25) is 0 Å². The van der Waals surface area contributed by atoms with Gasteiger partial charge in [0.15, 0.2) is 11.6 Å². The zero-order valence-electron chi connectivity index (χ0n) is 13.4. The van der Waals surface area contributed by atoms with Gasteiger partial charge in [0.1, 0.15) is 0 Å². The predicted molar refractivity (Wildman–Crippen MR) is 85.7 cm³/mol. The van der Waals surface area contributed by atoms with E-state index in [9.17, 15) is 4.39 Å². The predicted octanol–water partition coefficient (Wildman–Crippen LogP) is 3.58. The van der Waals surface area contributed by atoms with E-state index in [0.29, 0.717) is 24.4 Å². The minimum Gasteiger partial charge on any atom is -0.491 e. The van der Waals surface area contributed by atoms with E-state index in [2.05, 4.69) is 24.1 Å². The number of nitrogens with one attached hydrogen (secondary N) is 1. The summed E-state index contributed by atoms with van der Waals surface area (Å²) in [6.45, 7) is 8.72. The molecule has 0 aliphatic carbocycles. The standard InChI is InChI=1S/C17H27FN2O/c1-4-14-9-11-20(10-8-13(3)19-14)15-6-7-17(21-5-2)16(18)12-15/h6-7,12-14,19H,4-5,8-11H2,1-3H3. The zero-order valence-corrected chi connectivity index (χ0v) is 13.4. The van der Waals surface area contributed by atoms with E-state index in [1.54, 1.807) is 12.1 Å². The number of ether oxygens (including phenoxy) is 1. The molecule has 1 aliphatic rings. The highest BCUT2D eigenvalue weighted by Gasteiger charge is 2.18. The molecule has 1 aliphatic heterocycles. The van der Waals surface area contributed by atoms with Crippen LogP contribution in [0.2, 0.25) is 0 Å². The van der Waals surface area contributed by atoms with Crippen LogP contribution in [-0.2, 0) is 0 Å². The van der Waals surface area contributed by atoms with Crippen molar-refractivity contribution < 1.29 is 9.13 Å². The molecule has 1 N–H and O–H groups in total. The average Bonchev–Trinajstić information content (AvgIpc) is 2.46. The lowest BCUT2D eigenvalue weighted by atomic mass is 10.1. The monoisotopic (exact) mass is 294 g/mol. The van der Waals surface area contributed by atoms with Crippen molar-refractivity contribution in [3.8, 4) is 5.75 Å². The van der Waals surface area contributed by atoms with Gasteiger partial charge in [-0.2, -0.15) is 0 Å². The molecule has 0 radical (unpaired) electrons. The third-order valence-electron chi connectivity index (χ3n) is 4.17. The molecular weight excluding hydrogens is 267 g/mol. The summed E-state index contributed by atoms with van der Waals surface area (Å²) >= 11 is 0. The number of halogens is 1. The largest absolute Gasteiger partial charge is 0.491 e. The summed E-state index contributed by atoms with van der Waals surface area (Å²) in [4.78, 5) is 2.29. The molecule has 1 aromatic rings. The van der Waals surface area contributed by atoms with Crippen molar-refractivity contribution in [2.75, 3.05) is 24.6 Å². The Bertz CT molecular complexity index is 452. The maximum absolute atomic E-state index is 14.0. The second kappa shape index (κ2) is 7.64. The number of hydrogen-bond donors (Lipinski definition) is 1. The number of nitrogens with zero attached hydrogens (tertiary/aromatic N) is 1. The summed E-state index contributed by atoms with van der Waals surface area (Å²) in [6, 6.07) is 6.37. The minimum atomic E-state index is -0.269. The summed E-state index contributed by atoms with van der Waals surface area (Å²) < 4.78 is 19.3. The van der Waals surface area contributed by atoms with E-state index < -0.39 is 0 Å². The van der Waals surface area contributed by atoms with Crippen molar-refractivity contribution in [2.45, 2.75) is 52.1 Å². The Morgan fingerprint density at radius 2 is 2.05 bits per heavy atom. The fourth-order valence-electron chi connectivity index (χ4n) is 2.88. The number of anilines is 1.